The maximum atomic E-state index is 13.0. The van der Waals surface area contributed by atoms with Crippen molar-refractivity contribution in [1.82, 2.24) is 20.1 Å². The van der Waals surface area contributed by atoms with Crippen LogP contribution >= 0.6 is 0 Å². The van der Waals surface area contributed by atoms with Crippen LogP contribution in [0.15, 0.2) is 18.2 Å². The third-order valence-corrected chi connectivity index (χ3v) is 5.69. The minimum absolute atomic E-state index is 0.0415. The normalized spacial score (nSPS) is 15.5. The second-order valence-corrected chi connectivity index (χ2v) is 9.33. The van der Waals surface area contributed by atoms with Crippen LogP contribution < -0.4 is 10.6 Å². The third kappa shape index (κ3) is 5.04. The summed E-state index contributed by atoms with van der Waals surface area (Å²) in [6, 6.07) is 6.64. The lowest BCUT2D eigenvalue weighted by Gasteiger charge is -2.26. The minimum atomic E-state index is -0.410. The highest BCUT2D eigenvalue weighted by Crippen LogP contribution is 2.32. The summed E-state index contributed by atoms with van der Waals surface area (Å²) in [5, 5.41) is 7.23. The number of hydrogen-bond donors (Lipinski definition) is 2. The van der Waals surface area contributed by atoms with Crippen LogP contribution in [0.25, 0.3) is 10.9 Å². The highest BCUT2D eigenvalue weighted by molar-refractivity contribution is 5.88. The van der Waals surface area contributed by atoms with Crippen molar-refractivity contribution in [2.24, 2.45) is 5.92 Å². The van der Waals surface area contributed by atoms with Gasteiger partial charge in [0.05, 0.1) is 5.92 Å². The van der Waals surface area contributed by atoms with Crippen LogP contribution in [-0.2, 0) is 29.1 Å². The molecule has 2 N–H and O–H groups in total. The molecule has 1 aliphatic heterocycles. The van der Waals surface area contributed by atoms with Gasteiger partial charge in [0, 0.05) is 61.2 Å². The number of amides is 2. The zero-order valence-electron chi connectivity index (χ0n) is 19.2. The molecule has 6 nitrogen and oxygen atoms in total. The molecule has 0 fully saturated rings. The van der Waals surface area contributed by atoms with Gasteiger partial charge in [0.25, 0.3) is 0 Å². The van der Waals surface area contributed by atoms with Gasteiger partial charge in [-0.1, -0.05) is 11.6 Å². The Labute approximate surface area is 180 Å². The number of likely N-dealkylation sites (N-methyl/N-ethyl adjacent to an activating group) is 1. The SMILES string of the molecule is Cc1ccc2c(c1)c1c(n2CC(CC(=O)NC(C)C)C(=O)NC(C)C)CCN(C)C1. The van der Waals surface area contributed by atoms with E-state index in [2.05, 4.69) is 52.3 Å². The Kier molecular flexibility index (Phi) is 6.86. The molecule has 0 saturated heterocycles. The Balaban J connectivity index is 1.99. The molecule has 2 amide bonds. The second-order valence-electron chi connectivity index (χ2n) is 9.33. The summed E-state index contributed by atoms with van der Waals surface area (Å²) >= 11 is 0. The summed E-state index contributed by atoms with van der Waals surface area (Å²) < 4.78 is 2.30. The van der Waals surface area contributed by atoms with Crippen LogP contribution in [-0.4, -0.2) is 47.0 Å². The standard InChI is InChI=1S/C24H36N4O2/c1-15(2)25-23(29)12-18(24(30)26-16(3)4)13-28-21-8-7-17(5)11-19(21)20-14-27(6)10-9-22(20)28/h7-8,11,15-16,18H,9-10,12-14H2,1-6H3,(H,25,29)(H,26,30). The maximum Gasteiger partial charge on any atom is 0.225 e. The van der Waals surface area contributed by atoms with E-state index < -0.39 is 5.92 Å². The molecule has 0 bridgehead atoms. The number of aromatic nitrogens is 1. The van der Waals surface area contributed by atoms with Crippen molar-refractivity contribution >= 4 is 22.7 Å². The lowest BCUT2D eigenvalue weighted by Crippen LogP contribution is -2.41. The molecule has 1 aliphatic rings. The summed E-state index contributed by atoms with van der Waals surface area (Å²) in [5.74, 6) is -0.541. The van der Waals surface area contributed by atoms with Crippen LogP contribution in [0.2, 0.25) is 0 Å². The van der Waals surface area contributed by atoms with Gasteiger partial charge in [-0.3, -0.25) is 9.59 Å². The number of nitrogens with one attached hydrogen (secondary N) is 2. The molecule has 0 radical (unpaired) electrons. The van der Waals surface area contributed by atoms with Crippen molar-refractivity contribution in [3.8, 4) is 0 Å². The molecular formula is C24H36N4O2. The molecule has 1 atom stereocenters. The average molecular weight is 413 g/mol. The molecule has 2 aromatic rings. The molecule has 0 spiro atoms. The Hall–Kier alpha value is -2.34. The van der Waals surface area contributed by atoms with Crippen LogP contribution in [0.3, 0.4) is 0 Å². The number of benzene rings is 1. The van der Waals surface area contributed by atoms with Gasteiger partial charge in [0.15, 0.2) is 0 Å². The average Bonchev–Trinajstić information content (AvgIpc) is 2.92. The Morgan fingerprint density at radius 3 is 2.47 bits per heavy atom. The van der Waals surface area contributed by atoms with E-state index in [9.17, 15) is 9.59 Å². The smallest absolute Gasteiger partial charge is 0.225 e. The zero-order chi connectivity index (χ0) is 22.0. The quantitative estimate of drug-likeness (QED) is 0.735. The number of hydrogen-bond acceptors (Lipinski definition) is 3. The number of aryl methyl sites for hydroxylation is 1. The molecule has 6 heteroatoms. The van der Waals surface area contributed by atoms with E-state index in [1.165, 1.54) is 22.2 Å². The molecule has 1 aromatic heterocycles. The van der Waals surface area contributed by atoms with Gasteiger partial charge < -0.3 is 20.1 Å². The molecule has 164 valence electrons. The number of carbonyl (C=O) groups is 2. The lowest BCUT2D eigenvalue weighted by atomic mass is 10.0. The van der Waals surface area contributed by atoms with Crippen molar-refractivity contribution < 1.29 is 9.59 Å². The fraction of sp³-hybridized carbons (Fsp3) is 0.583. The maximum absolute atomic E-state index is 13.0. The highest BCUT2D eigenvalue weighted by atomic mass is 16.2. The molecule has 1 unspecified atom stereocenters. The van der Waals surface area contributed by atoms with Crippen molar-refractivity contribution in [3.63, 3.8) is 0 Å². The molecule has 0 aliphatic carbocycles. The van der Waals surface area contributed by atoms with E-state index in [0.717, 1.165) is 25.0 Å². The van der Waals surface area contributed by atoms with Gasteiger partial charge in [0.2, 0.25) is 11.8 Å². The number of fused-ring (bicyclic) bond motifs is 3. The van der Waals surface area contributed by atoms with Crippen molar-refractivity contribution in [1.29, 1.82) is 0 Å². The van der Waals surface area contributed by atoms with Crippen molar-refractivity contribution in [2.45, 2.75) is 72.6 Å². The topological polar surface area (TPSA) is 66.4 Å². The van der Waals surface area contributed by atoms with E-state index in [0.29, 0.717) is 6.54 Å². The monoisotopic (exact) mass is 412 g/mol. The summed E-state index contributed by atoms with van der Waals surface area (Å²) in [6.07, 6.45) is 1.15. The Morgan fingerprint density at radius 1 is 1.10 bits per heavy atom. The van der Waals surface area contributed by atoms with Gasteiger partial charge in [-0.25, -0.2) is 0 Å². The number of rotatable bonds is 7. The first kappa shape index (κ1) is 22.3. The van der Waals surface area contributed by atoms with Crippen molar-refractivity contribution in [2.75, 3.05) is 13.6 Å². The largest absolute Gasteiger partial charge is 0.354 e. The van der Waals surface area contributed by atoms with E-state index >= 15 is 0 Å². The fourth-order valence-electron chi connectivity index (χ4n) is 4.37. The van der Waals surface area contributed by atoms with Gasteiger partial charge in [-0.2, -0.15) is 0 Å². The molecule has 0 saturated carbocycles. The van der Waals surface area contributed by atoms with E-state index in [1.54, 1.807) is 0 Å². The first-order valence-corrected chi connectivity index (χ1v) is 11.0. The van der Waals surface area contributed by atoms with Gasteiger partial charge in [-0.15, -0.1) is 0 Å². The number of carbonyl (C=O) groups excluding carboxylic acids is 2. The summed E-state index contributed by atoms with van der Waals surface area (Å²) in [5.41, 5.74) is 5.06. The van der Waals surface area contributed by atoms with Crippen LogP contribution in [0, 0.1) is 12.8 Å². The predicted molar refractivity (Wildman–Crippen MR) is 121 cm³/mol. The first-order chi connectivity index (χ1) is 14.2. The third-order valence-electron chi connectivity index (χ3n) is 5.69. The molecule has 2 heterocycles. The minimum Gasteiger partial charge on any atom is -0.354 e. The summed E-state index contributed by atoms with van der Waals surface area (Å²) in [6.45, 7) is 12.3. The molecule has 3 rings (SSSR count). The first-order valence-electron chi connectivity index (χ1n) is 11.0. The van der Waals surface area contributed by atoms with E-state index in [4.69, 9.17) is 0 Å². The Morgan fingerprint density at radius 2 is 1.80 bits per heavy atom. The van der Waals surface area contributed by atoms with Gasteiger partial charge in [0.1, 0.15) is 0 Å². The van der Waals surface area contributed by atoms with Gasteiger partial charge in [-0.05, 0) is 59.4 Å². The van der Waals surface area contributed by atoms with Crippen LogP contribution in [0.4, 0.5) is 0 Å². The van der Waals surface area contributed by atoms with Crippen LogP contribution in [0.1, 0.15) is 50.9 Å². The fourth-order valence-corrected chi connectivity index (χ4v) is 4.37. The molecule has 30 heavy (non-hydrogen) atoms. The summed E-state index contributed by atoms with van der Waals surface area (Å²) in [7, 11) is 2.15. The molecule has 1 aromatic carbocycles. The van der Waals surface area contributed by atoms with E-state index in [1.807, 2.05) is 27.7 Å². The number of nitrogens with zero attached hydrogens (tertiary/aromatic N) is 2. The van der Waals surface area contributed by atoms with Gasteiger partial charge >= 0.3 is 0 Å². The van der Waals surface area contributed by atoms with E-state index in [-0.39, 0.29) is 30.3 Å². The van der Waals surface area contributed by atoms with Crippen molar-refractivity contribution in [3.05, 3.63) is 35.0 Å². The summed E-state index contributed by atoms with van der Waals surface area (Å²) in [4.78, 5) is 27.9. The predicted octanol–water partition coefficient (Wildman–Crippen LogP) is 2.99. The lowest BCUT2D eigenvalue weighted by molar-refractivity contribution is -0.131. The zero-order valence-corrected chi connectivity index (χ0v) is 19.2. The second kappa shape index (κ2) is 9.21. The highest BCUT2D eigenvalue weighted by Gasteiger charge is 2.28. The van der Waals surface area contributed by atoms with Crippen LogP contribution in [0.5, 0.6) is 0 Å². The molecular weight excluding hydrogens is 376 g/mol. The Bertz CT molecular complexity index is 929.